The van der Waals surface area contributed by atoms with Crippen LogP contribution in [0.1, 0.15) is 33.6 Å². The predicted molar refractivity (Wildman–Crippen MR) is 76.6 cm³/mol. The molecule has 1 aliphatic heterocycles. The highest BCUT2D eigenvalue weighted by molar-refractivity contribution is 7.91. The van der Waals surface area contributed by atoms with E-state index in [2.05, 4.69) is 31.0 Å². The second-order valence-electron chi connectivity index (χ2n) is 5.40. The van der Waals surface area contributed by atoms with Crippen LogP contribution >= 0.6 is 0 Å². The van der Waals surface area contributed by atoms with E-state index in [0.717, 1.165) is 39.0 Å². The predicted octanol–water partition coefficient (Wildman–Crippen LogP) is 1.13. The second-order valence-corrected chi connectivity index (χ2v) is 7.63. The van der Waals surface area contributed by atoms with E-state index in [4.69, 9.17) is 0 Å². The Morgan fingerprint density at radius 1 is 1.33 bits per heavy atom. The van der Waals surface area contributed by atoms with Crippen molar-refractivity contribution in [2.45, 2.75) is 39.7 Å². The van der Waals surface area contributed by atoms with Crippen LogP contribution in [0.15, 0.2) is 0 Å². The van der Waals surface area contributed by atoms with Crippen molar-refractivity contribution in [1.29, 1.82) is 0 Å². The van der Waals surface area contributed by atoms with E-state index >= 15 is 0 Å². The average Bonchev–Trinajstić information content (AvgIpc) is 2.66. The first-order chi connectivity index (χ1) is 8.46. The van der Waals surface area contributed by atoms with Crippen LogP contribution in [0, 0.1) is 5.92 Å². The molecule has 1 rings (SSSR count). The third kappa shape index (κ3) is 5.67. The molecule has 0 amide bonds. The Kier molecular flexibility index (Phi) is 6.60. The molecule has 5 heteroatoms. The summed E-state index contributed by atoms with van der Waals surface area (Å²) in [5.41, 5.74) is 0. The Morgan fingerprint density at radius 3 is 2.50 bits per heavy atom. The molecule has 1 N–H and O–H groups in total. The second kappa shape index (κ2) is 7.46. The number of likely N-dealkylation sites (N-methyl/N-ethyl adjacent to an activating group) is 1. The summed E-state index contributed by atoms with van der Waals surface area (Å²) in [6, 6.07) is 0.475. The molecule has 0 spiro atoms. The zero-order valence-corrected chi connectivity index (χ0v) is 12.8. The number of nitrogens with zero attached hydrogens (tertiary/aromatic N) is 1. The molecular weight excluding hydrogens is 248 g/mol. The summed E-state index contributed by atoms with van der Waals surface area (Å²) in [5.74, 6) is 1.18. The molecule has 1 heterocycles. The molecule has 0 bridgehead atoms. The standard InChI is InChI=1S/C13H28N2O2S/c1-4-15(5-2)10-12(3)14-8-6-13-7-9-18(16,17)11-13/h12-14H,4-11H2,1-3H3. The van der Waals surface area contributed by atoms with Crippen LogP contribution in [-0.4, -0.2) is 57.0 Å². The molecule has 1 aliphatic rings. The van der Waals surface area contributed by atoms with Gasteiger partial charge in [-0.05, 0) is 45.3 Å². The van der Waals surface area contributed by atoms with Crippen LogP contribution in [0.25, 0.3) is 0 Å². The van der Waals surface area contributed by atoms with Gasteiger partial charge in [0.05, 0.1) is 11.5 Å². The summed E-state index contributed by atoms with van der Waals surface area (Å²) in [7, 11) is -2.71. The fraction of sp³-hybridized carbons (Fsp3) is 1.00. The molecule has 0 aromatic heterocycles. The van der Waals surface area contributed by atoms with Gasteiger partial charge in [0.15, 0.2) is 9.84 Å². The van der Waals surface area contributed by atoms with Gasteiger partial charge < -0.3 is 10.2 Å². The van der Waals surface area contributed by atoms with Gasteiger partial charge in [-0.1, -0.05) is 13.8 Å². The summed E-state index contributed by atoms with van der Waals surface area (Å²) in [4.78, 5) is 2.40. The Morgan fingerprint density at radius 2 is 2.00 bits per heavy atom. The Balaban J connectivity index is 2.14. The van der Waals surface area contributed by atoms with Crippen LogP contribution in [0.4, 0.5) is 0 Å². The summed E-state index contributed by atoms with van der Waals surface area (Å²) >= 11 is 0. The lowest BCUT2D eigenvalue weighted by Crippen LogP contribution is -2.39. The molecule has 108 valence electrons. The maximum absolute atomic E-state index is 11.3. The van der Waals surface area contributed by atoms with Gasteiger partial charge in [-0.25, -0.2) is 8.42 Å². The van der Waals surface area contributed by atoms with Crippen molar-refractivity contribution in [1.82, 2.24) is 10.2 Å². The summed E-state index contributed by atoms with van der Waals surface area (Å²) in [6.45, 7) is 10.7. The minimum absolute atomic E-state index is 0.378. The van der Waals surface area contributed by atoms with Gasteiger partial charge in [-0.15, -0.1) is 0 Å². The number of sulfone groups is 1. The molecule has 0 aliphatic carbocycles. The van der Waals surface area contributed by atoms with Gasteiger partial charge in [0, 0.05) is 12.6 Å². The van der Waals surface area contributed by atoms with Crippen LogP contribution in [-0.2, 0) is 9.84 Å². The number of hydrogen-bond donors (Lipinski definition) is 1. The zero-order chi connectivity index (χ0) is 13.6. The SMILES string of the molecule is CCN(CC)CC(C)NCCC1CCS(=O)(=O)C1. The van der Waals surface area contributed by atoms with E-state index in [-0.39, 0.29) is 0 Å². The third-order valence-electron chi connectivity index (χ3n) is 3.80. The van der Waals surface area contributed by atoms with Crippen LogP contribution in [0.2, 0.25) is 0 Å². The molecule has 0 aromatic rings. The Bertz CT molecular complexity index is 326. The van der Waals surface area contributed by atoms with Crippen molar-refractivity contribution in [3.63, 3.8) is 0 Å². The van der Waals surface area contributed by atoms with Gasteiger partial charge in [-0.2, -0.15) is 0 Å². The van der Waals surface area contributed by atoms with Crippen molar-refractivity contribution < 1.29 is 8.42 Å². The minimum Gasteiger partial charge on any atom is -0.313 e. The topological polar surface area (TPSA) is 49.4 Å². The van der Waals surface area contributed by atoms with Crippen LogP contribution in [0.3, 0.4) is 0 Å². The van der Waals surface area contributed by atoms with Gasteiger partial charge in [-0.3, -0.25) is 0 Å². The first-order valence-corrected chi connectivity index (χ1v) is 8.95. The van der Waals surface area contributed by atoms with E-state index in [1.54, 1.807) is 0 Å². The molecule has 0 radical (unpaired) electrons. The molecule has 2 atom stereocenters. The summed E-state index contributed by atoms with van der Waals surface area (Å²) < 4.78 is 22.7. The smallest absolute Gasteiger partial charge is 0.150 e. The van der Waals surface area contributed by atoms with Crippen LogP contribution < -0.4 is 5.32 Å². The van der Waals surface area contributed by atoms with Gasteiger partial charge >= 0.3 is 0 Å². The van der Waals surface area contributed by atoms with Crippen molar-refractivity contribution in [3.8, 4) is 0 Å². The number of rotatable bonds is 8. The van der Waals surface area contributed by atoms with Crippen molar-refractivity contribution >= 4 is 9.84 Å². The fourth-order valence-corrected chi connectivity index (χ4v) is 4.48. The monoisotopic (exact) mass is 276 g/mol. The summed E-state index contributed by atoms with van der Waals surface area (Å²) in [6.07, 6.45) is 1.84. The highest BCUT2D eigenvalue weighted by Gasteiger charge is 2.27. The molecule has 2 unspecified atom stereocenters. The lowest BCUT2D eigenvalue weighted by molar-refractivity contribution is 0.269. The molecule has 1 fully saturated rings. The quantitative estimate of drug-likeness (QED) is 0.722. The number of nitrogens with one attached hydrogen (secondary N) is 1. The lowest BCUT2D eigenvalue weighted by atomic mass is 10.1. The first kappa shape index (κ1) is 15.9. The summed E-state index contributed by atoms with van der Waals surface area (Å²) in [5, 5.41) is 3.50. The van der Waals surface area contributed by atoms with E-state index in [0.29, 0.717) is 23.5 Å². The number of hydrogen-bond acceptors (Lipinski definition) is 4. The minimum atomic E-state index is -2.71. The third-order valence-corrected chi connectivity index (χ3v) is 5.64. The van der Waals surface area contributed by atoms with E-state index < -0.39 is 9.84 Å². The maximum atomic E-state index is 11.3. The molecule has 4 nitrogen and oxygen atoms in total. The molecule has 18 heavy (non-hydrogen) atoms. The normalized spacial score (nSPS) is 24.6. The fourth-order valence-electron chi connectivity index (χ4n) is 2.57. The van der Waals surface area contributed by atoms with Gasteiger partial charge in [0.2, 0.25) is 0 Å². The zero-order valence-electron chi connectivity index (χ0n) is 12.0. The van der Waals surface area contributed by atoms with Crippen LogP contribution in [0.5, 0.6) is 0 Å². The van der Waals surface area contributed by atoms with E-state index in [9.17, 15) is 8.42 Å². The van der Waals surface area contributed by atoms with Gasteiger partial charge in [0.25, 0.3) is 0 Å². The van der Waals surface area contributed by atoms with E-state index in [1.807, 2.05) is 0 Å². The van der Waals surface area contributed by atoms with Gasteiger partial charge in [0.1, 0.15) is 0 Å². The largest absolute Gasteiger partial charge is 0.313 e. The molecular formula is C13H28N2O2S. The van der Waals surface area contributed by atoms with Crippen molar-refractivity contribution in [2.75, 3.05) is 37.7 Å². The van der Waals surface area contributed by atoms with Crippen molar-refractivity contribution in [2.24, 2.45) is 5.92 Å². The lowest BCUT2D eigenvalue weighted by Gasteiger charge is -2.23. The highest BCUT2D eigenvalue weighted by atomic mass is 32.2. The van der Waals surface area contributed by atoms with E-state index in [1.165, 1.54) is 0 Å². The first-order valence-electron chi connectivity index (χ1n) is 7.13. The Hall–Kier alpha value is -0.130. The highest BCUT2D eigenvalue weighted by Crippen LogP contribution is 2.20. The van der Waals surface area contributed by atoms with Crippen molar-refractivity contribution in [3.05, 3.63) is 0 Å². The maximum Gasteiger partial charge on any atom is 0.150 e. The molecule has 0 saturated carbocycles. The molecule has 1 saturated heterocycles. The molecule has 0 aromatic carbocycles. The Labute approximate surface area is 112 Å². The average molecular weight is 276 g/mol.